The molecule has 0 aliphatic heterocycles. The lowest BCUT2D eigenvalue weighted by Crippen LogP contribution is -2.03. The largest absolute Gasteiger partial charge is 0.388 e. The number of hydrogen-bond donors (Lipinski definition) is 2. The van der Waals surface area contributed by atoms with Crippen LogP contribution in [0, 0.1) is 0 Å². The zero-order chi connectivity index (χ0) is 13.1. The van der Waals surface area contributed by atoms with E-state index in [9.17, 15) is 5.11 Å². The topological polar surface area (TPSA) is 59.1 Å². The average Bonchev–Trinajstić information content (AvgIpc) is 2.28. The summed E-state index contributed by atoms with van der Waals surface area (Å²) >= 11 is 11.9. The monoisotopic (exact) mass is 282 g/mol. The number of aliphatic hydroxyl groups is 1. The van der Waals surface area contributed by atoms with Crippen LogP contribution in [0.5, 0.6) is 0 Å². The van der Waals surface area contributed by atoms with Crippen molar-refractivity contribution >= 4 is 29.0 Å². The summed E-state index contributed by atoms with van der Waals surface area (Å²) in [5.74, 6) is 0.432. The van der Waals surface area contributed by atoms with E-state index in [0.29, 0.717) is 27.8 Å². The molecular formula is C13H12Cl2N2O. The zero-order valence-electron chi connectivity index (χ0n) is 9.48. The van der Waals surface area contributed by atoms with Crippen molar-refractivity contribution in [3.05, 3.63) is 57.7 Å². The van der Waals surface area contributed by atoms with Crippen LogP contribution in [0.15, 0.2) is 36.5 Å². The molecule has 3 nitrogen and oxygen atoms in total. The highest BCUT2D eigenvalue weighted by Gasteiger charge is 2.12. The Hall–Kier alpha value is -1.29. The van der Waals surface area contributed by atoms with Crippen LogP contribution in [0.25, 0.3) is 0 Å². The van der Waals surface area contributed by atoms with Gasteiger partial charge in [0.2, 0.25) is 0 Å². The van der Waals surface area contributed by atoms with Gasteiger partial charge in [-0.05, 0) is 35.4 Å². The third kappa shape index (κ3) is 3.13. The van der Waals surface area contributed by atoms with E-state index >= 15 is 0 Å². The molecule has 1 aromatic carbocycles. The Morgan fingerprint density at radius 2 is 2.00 bits per heavy atom. The maximum absolute atomic E-state index is 10.1. The molecule has 0 bridgehead atoms. The second-order valence-electron chi connectivity index (χ2n) is 3.97. The Labute approximate surface area is 115 Å². The van der Waals surface area contributed by atoms with Crippen LogP contribution in [0.2, 0.25) is 10.0 Å². The van der Waals surface area contributed by atoms with Crippen LogP contribution in [0.3, 0.4) is 0 Å². The molecule has 2 rings (SSSR count). The predicted octanol–water partition coefficient (Wildman–Crippen LogP) is 3.25. The third-order valence-electron chi connectivity index (χ3n) is 2.60. The van der Waals surface area contributed by atoms with E-state index in [0.717, 1.165) is 5.56 Å². The zero-order valence-corrected chi connectivity index (χ0v) is 11.0. The number of hydrogen-bond acceptors (Lipinski definition) is 3. The number of halogens is 2. The number of rotatable bonds is 3. The van der Waals surface area contributed by atoms with Crippen molar-refractivity contribution in [2.45, 2.75) is 12.5 Å². The van der Waals surface area contributed by atoms with Crippen LogP contribution in [-0.2, 0) is 6.42 Å². The molecule has 0 spiro atoms. The molecule has 0 fully saturated rings. The van der Waals surface area contributed by atoms with Crippen LogP contribution in [-0.4, -0.2) is 10.1 Å². The van der Waals surface area contributed by atoms with E-state index in [1.165, 1.54) is 0 Å². The first-order valence-electron chi connectivity index (χ1n) is 5.39. The van der Waals surface area contributed by atoms with E-state index in [1.54, 1.807) is 30.5 Å². The van der Waals surface area contributed by atoms with E-state index in [2.05, 4.69) is 4.98 Å². The van der Waals surface area contributed by atoms with Gasteiger partial charge in [0, 0.05) is 22.7 Å². The quantitative estimate of drug-likeness (QED) is 0.909. The van der Waals surface area contributed by atoms with Crippen molar-refractivity contribution in [1.29, 1.82) is 0 Å². The molecule has 1 atom stereocenters. The predicted molar refractivity (Wildman–Crippen MR) is 73.8 cm³/mol. The summed E-state index contributed by atoms with van der Waals surface area (Å²) in [6.45, 7) is 0. The number of pyridine rings is 1. The molecule has 94 valence electrons. The lowest BCUT2D eigenvalue weighted by molar-refractivity contribution is 0.178. The van der Waals surface area contributed by atoms with Gasteiger partial charge in [0.25, 0.3) is 0 Å². The van der Waals surface area contributed by atoms with Gasteiger partial charge in [-0.3, -0.25) is 0 Å². The molecule has 3 N–H and O–H groups in total. The normalized spacial score (nSPS) is 12.4. The average molecular weight is 283 g/mol. The first kappa shape index (κ1) is 13.1. The number of nitrogens with two attached hydrogens (primary N) is 1. The van der Waals surface area contributed by atoms with Gasteiger partial charge in [-0.2, -0.15) is 0 Å². The Kier molecular flexibility index (Phi) is 4.07. The summed E-state index contributed by atoms with van der Waals surface area (Å²) in [7, 11) is 0. The van der Waals surface area contributed by atoms with Crippen LogP contribution in [0.1, 0.15) is 17.2 Å². The molecule has 0 amide bonds. The molecule has 2 aromatic rings. The molecule has 0 saturated heterocycles. The fraction of sp³-hybridized carbons (Fsp3) is 0.154. The summed E-state index contributed by atoms with van der Waals surface area (Å²) < 4.78 is 0. The Morgan fingerprint density at radius 3 is 2.67 bits per heavy atom. The Morgan fingerprint density at radius 1 is 1.22 bits per heavy atom. The molecule has 0 radical (unpaired) electrons. The molecule has 0 aliphatic rings. The van der Waals surface area contributed by atoms with Gasteiger partial charge >= 0.3 is 0 Å². The van der Waals surface area contributed by atoms with Crippen molar-refractivity contribution < 1.29 is 5.11 Å². The van der Waals surface area contributed by atoms with Gasteiger partial charge in [-0.15, -0.1) is 0 Å². The summed E-state index contributed by atoms with van der Waals surface area (Å²) in [5.41, 5.74) is 7.14. The maximum atomic E-state index is 10.1. The lowest BCUT2D eigenvalue weighted by Gasteiger charge is -2.13. The number of anilines is 1. The standard InChI is InChI=1S/C13H12Cl2N2O/c14-9-1-2-10(11(15)7-9)12(18)5-8-3-4-17-13(16)6-8/h1-4,6-7,12,18H,5H2,(H2,16,17). The number of nitrogen functional groups attached to an aromatic ring is 1. The molecule has 1 unspecified atom stereocenters. The molecule has 0 saturated carbocycles. The highest BCUT2D eigenvalue weighted by molar-refractivity contribution is 6.35. The number of aromatic nitrogens is 1. The minimum absolute atomic E-state index is 0.425. The first-order chi connectivity index (χ1) is 8.56. The maximum Gasteiger partial charge on any atom is 0.123 e. The highest BCUT2D eigenvalue weighted by Crippen LogP contribution is 2.28. The summed E-state index contributed by atoms with van der Waals surface area (Å²) in [4.78, 5) is 3.90. The number of nitrogens with zero attached hydrogens (tertiary/aromatic N) is 1. The minimum Gasteiger partial charge on any atom is -0.388 e. The van der Waals surface area contributed by atoms with Crippen molar-refractivity contribution in [3.8, 4) is 0 Å². The van der Waals surface area contributed by atoms with Crippen LogP contribution < -0.4 is 5.73 Å². The highest BCUT2D eigenvalue weighted by atomic mass is 35.5. The SMILES string of the molecule is Nc1cc(CC(O)c2ccc(Cl)cc2Cl)ccn1. The van der Waals surface area contributed by atoms with Crippen molar-refractivity contribution in [1.82, 2.24) is 4.98 Å². The summed E-state index contributed by atoms with van der Waals surface area (Å²) in [6, 6.07) is 8.58. The van der Waals surface area contributed by atoms with E-state index < -0.39 is 6.10 Å². The summed E-state index contributed by atoms with van der Waals surface area (Å²) in [5, 5.41) is 11.1. The van der Waals surface area contributed by atoms with Crippen LogP contribution >= 0.6 is 23.2 Å². The van der Waals surface area contributed by atoms with Crippen molar-refractivity contribution in [2.24, 2.45) is 0 Å². The third-order valence-corrected chi connectivity index (χ3v) is 3.16. The fourth-order valence-electron chi connectivity index (χ4n) is 1.73. The first-order valence-corrected chi connectivity index (χ1v) is 6.15. The van der Waals surface area contributed by atoms with Gasteiger partial charge in [0.05, 0.1) is 6.10 Å². The van der Waals surface area contributed by atoms with Gasteiger partial charge in [0.15, 0.2) is 0 Å². The smallest absolute Gasteiger partial charge is 0.123 e. The van der Waals surface area contributed by atoms with Crippen molar-refractivity contribution in [2.75, 3.05) is 5.73 Å². The second-order valence-corrected chi connectivity index (χ2v) is 4.82. The molecule has 1 heterocycles. The second kappa shape index (κ2) is 5.57. The Bertz CT molecular complexity index is 560. The van der Waals surface area contributed by atoms with E-state index in [1.807, 2.05) is 6.07 Å². The molecule has 1 aromatic heterocycles. The van der Waals surface area contributed by atoms with Crippen LogP contribution in [0.4, 0.5) is 5.82 Å². The van der Waals surface area contributed by atoms with Gasteiger partial charge in [-0.25, -0.2) is 4.98 Å². The van der Waals surface area contributed by atoms with Crippen molar-refractivity contribution in [3.63, 3.8) is 0 Å². The number of benzene rings is 1. The van der Waals surface area contributed by atoms with Gasteiger partial charge in [0.1, 0.15) is 5.82 Å². The molecular weight excluding hydrogens is 271 g/mol. The fourth-order valence-corrected chi connectivity index (χ4v) is 2.26. The van der Waals surface area contributed by atoms with Gasteiger partial charge < -0.3 is 10.8 Å². The minimum atomic E-state index is -0.698. The summed E-state index contributed by atoms with van der Waals surface area (Å²) in [6.07, 6.45) is 1.34. The Balaban J connectivity index is 2.19. The number of aliphatic hydroxyl groups excluding tert-OH is 1. The molecule has 5 heteroatoms. The molecule has 18 heavy (non-hydrogen) atoms. The van der Waals surface area contributed by atoms with Gasteiger partial charge in [-0.1, -0.05) is 29.3 Å². The lowest BCUT2D eigenvalue weighted by atomic mass is 10.0. The van der Waals surface area contributed by atoms with E-state index in [-0.39, 0.29) is 0 Å². The molecule has 0 aliphatic carbocycles. The van der Waals surface area contributed by atoms with E-state index in [4.69, 9.17) is 28.9 Å².